The van der Waals surface area contributed by atoms with Gasteiger partial charge >= 0.3 is 0 Å². The maximum absolute atomic E-state index is 12.5. The van der Waals surface area contributed by atoms with Crippen molar-refractivity contribution in [1.29, 1.82) is 0 Å². The Kier molecular flexibility index (Phi) is 6.46. The Bertz CT molecular complexity index is 1080. The van der Waals surface area contributed by atoms with Gasteiger partial charge in [-0.1, -0.05) is 30.3 Å². The van der Waals surface area contributed by atoms with Crippen LogP contribution in [0.4, 0.5) is 5.95 Å². The zero-order valence-corrected chi connectivity index (χ0v) is 19.0. The van der Waals surface area contributed by atoms with Crippen molar-refractivity contribution in [3.8, 4) is 0 Å². The maximum Gasteiger partial charge on any atom is 0.248 e. The Morgan fingerprint density at radius 3 is 2.72 bits per heavy atom. The number of para-hydroxylation sites is 2. The summed E-state index contributed by atoms with van der Waals surface area (Å²) in [5.41, 5.74) is 4.14. The number of aromatic amines is 1. The van der Waals surface area contributed by atoms with E-state index in [-0.39, 0.29) is 5.91 Å². The highest BCUT2D eigenvalue weighted by atomic mass is 32.2. The molecular formula is C25H29N5OS. The molecule has 1 fully saturated rings. The largest absolute Gasteiger partial charge is 0.352 e. The Balaban J connectivity index is 1.01. The van der Waals surface area contributed by atoms with Crippen molar-refractivity contribution in [3.05, 3.63) is 59.7 Å². The van der Waals surface area contributed by atoms with Gasteiger partial charge in [0.1, 0.15) is 0 Å². The molecule has 2 aromatic carbocycles. The average Bonchev–Trinajstić information content (AvgIpc) is 3.28. The molecule has 1 amide bonds. The number of amides is 1. The number of anilines is 1. The lowest BCUT2D eigenvalue weighted by molar-refractivity contribution is -0.117. The van der Waals surface area contributed by atoms with Crippen molar-refractivity contribution >= 4 is 40.7 Å². The number of rotatable bonds is 7. The first kappa shape index (κ1) is 21.1. The summed E-state index contributed by atoms with van der Waals surface area (Å²) < 4.78 is 0. The van der Waals surface area contributed by atoms with Gasteiger partial charge in [-0.25, -0.2) is 4.98 Å². The molecule has 1 saturated heterocycles. The molecule has 1 aromatic heterocycles. The number of carbonyl (C=O) groups is 1. The van der Waals surface area contributed by atoms with Gasteiger partial charge in [0, 0.05) is 48.9 Å². The quantitative estimate of drug-likeness (QED) is 0.540. The van der Waals surface area contributed by atoms with E-state index in [1.165, 1.54) is 4.90 Å². The minimum atomic E-state index is 0.0754. The van der Waals surface area contributed by atoms with Crippen molar-refractivity contribution in [2.75, 3.05) is 49.9 Å². The monoisotopic (exact) mass is 447 g/mol. The van der Waals surface area contributed by atoms with Crippen LogP contribution in [0.5, 0.6) is 0 Å². The number of nitrogens with one attached hydrogen (secondary N) is 2. The molecule has 0 bridgehead atoms. The van der Waals surface area contributed by atoms with Crippen LogP contribution < -0.4 is 10.2 Å². The lowest BCUT2D eigenvalue weighted by atomic mass is 10.1. The second-order valence-corrected chi connectivity index (χ2v) is 9.38. The van der Waals surface area contributed by atoms with E-state index in [1.807, 2.05) is 36.4 Å². The number of piperazine rings is 1. The number of unbranched alkanes of at least 4 members (excludes halogenated alkanes) is 1. The molecule has 0 saturated carbocycles. The minimum absolute atomic E-state index is 0.0754. The highest BCUT2D eigenvalue weighted by molar-refractivity contribution is 7.99. The van der Waals surface area contributed by atoms with Crippen molar-refractivity contribution in [2.45, 2.75) is 17.7 Å². The first-order valence-electron chi connectivity index (χ1n) is 11.4. The molecule has 2 aliphatic rings. The number of carbonyl (C=O) groups excluding carboxylic acids is 1. The molecule has 7 heteroatoms. The molecule has 3 heterocycles. The van der Waals surface area contributed by atoms with Crippen LogP contribution >= 0.6 is 11.8 Å². The number of imidazole rings is 1. The standard InChI is InChI=1S/C25H29N5OS/c31-24(20-17-19-7-1-4-10-23(19)32-18-20)26-11-5-6-12-29-13-15-30(16-14-29)25-27-21-8-2-3-9-22(21)28-25/h1-4,7-10,17H,5-6,11-16,18H2,(H,26,31)(H,27,28). The maximum atomic E-state index is 12.5. The zero-order chi connectivity index (χ0) is 21.8. The summed E-state index contributed by atoms with van der Waals surface area (Å²) in [4.78, 5) is 26.7. The van der Waals surface area contributed by atoms with Crippen LogP contribution in [0.3, 0.4) is 0 Å². The van der Waals surface area contributed by atoms with Gasteiger partial charge in [0.25, 0.3) is 0 Å². The van der Waals surface area contributed by atoms with Crippen LogP contribution in [0.25, 0.3) is 17.1 Å². The SMILES string of the molecule is O=C(NCCCCN1CCN(c2nc3ccccc3[nH]2)CC1)C1=Cc2ccccc2SC1. The third-order valence-corrected chi connectivity index (χ3v) is 7.30. The molecule has 5 rings (SSSR count). The molecule has 0 unspecified atom stereocenters. The summed E-state index contributed by atoms with van der Waals surface area (Å²) in [5, 5.41) is 3.10. The first-order valence-corrected chi connectivity index (χ1v) is 12.4. The molecule has 0 aliphatic carbocycles. The van der Waals surface area contributed by atoms with Crippen LogP contribution in [-0.2, 0) is 4.79 Å². The van der Waals surface area contributed by atoms with Crippen molar-refractivity contribution in [2.24, 2.45) is 0 Å². The van der Waals surface area contributed by atoms with Crippen molar-refractivity contribution < 1.29 is 4.79 Å². The van der Waals surface area contributed by atoms with Gasteiger partial charge in [0.05, 0.1) is 11.0 Å². The third kappa shape index (κ3) is 4.84. The van der Waals surface area contributed by atoms with E-state index in [9.17, 15) is 4.79 Å². The third-order valence-electron chi connectivity index (χ3n) is 6.16. The van der Waals surface area contributed by atoms with Crippen molar-refractivity contribution in [3.63, 3.8) is 0 Å². The molecular weight excluding hydrogens is 418 g/mol. The average molecular weight is 448 g/mol. The Morgan fingerprint density at radius 2 is 1.84 bits per heavy atom. The van der Waals surface area contributed by atoms with Crippen LogP contribution in [0, 0.1) is 0 Å². The molecule has 0 atom stereocenters. The molecule has 6 nitrogen and oxygen atoms in total. The number of hydrogen-bond donors (Lipinski definition) is 2. The zero-order valence-electron chi connectivity index (χ0n) is 18.2. The Labute approximate surface area is 193 Å². The second kappa shape index (κ2) is 9.79. The summed E-state index contributed by atoms with van der Waals surface area (Å²) in [7, 11) is 0. The van der Waals surface area contributed by atoms with E-state index in [0.29, 0.717) is 0 Å². The lowest BCUT2D eigenvalue weighted by Gasteiger charge is -2.34. The lowest BCUT2D eigenvalue weighted by Crippen LogP contribution is -2.47. The topological polar surface area (TPSA) is 64.3 Å². The fourth-order valence-electron chi connectivity index (χ4n) is 4.30. The molecule has 166 valence electrons. The van der Waals surface area contributed by atoms with E-state index >= 15 is 0 Å². The molecule has 0 radical (unpaired) electrons. The predicted octanol–water partition coefficient (Wildman–Crippen LogP) is 3.77. The van der Waals surface area contributed by atoms with E-state index < -0.39 is 0 Å². The van der Waals surface area contributed by atoms with Crippen LogP contribution in [-0.4, -0.2) is 65.8 Å². The summed E-state index contributed by atoms with van der Waals surface area (Å²) in [6.07, 6.45) is 4.14. The van der Waals surface area contributed by atoms with E-state index in [4.69, 9.17) is 4.98 Å². The second-order valence-electron chi connectivity index (χ2n) is 8.37. The number of aromatic nitrogens is 2. The molecule has 2 N–H and O–H groups in total. The Hall–Kier alpha value is -2.77. The Morgan fingerprint density at radius 1 is 1.03 bits per heavy atom. The van der Waals surface area contributed by atoms with Gasteiger partial charge in [-0.2, -0.15) is 0 Å². The van der Waals surface area contributed by atoms with Gasteiger partial charge in [0.2, 0.25) is 11.9 Å². The van der Waals surface area contributed by atoms with Gasteiger partial charge in [-0.3, -0.25) is 9.69 Å². The first-order chi connectivity index (χ1) is 15.8. The van der Waals surface area contributed by atoms with E-state index in [0.717, 1.165) is 86.0 Å². The molecule has 0 spiro atoms. The summed E-state index contributed by atoms with van der Waals surface area (Å²) in [6, 6.07) is 16.4. The highest BCUT2D eigenvalue weighted by Crippen LogP contribution is 2.31. The normalized spacial score (nSPS) is 16.6. The summed E-state index contributed by atoms with van der Waals surface area (Å²) >= 11 is 1.74. The number of fused-ring (bicyclic) bond motifs is 2. The molecule has 3 aromatic rings. The van der Waals surface area contributed by atoms with E-state index in [2.05, 4.69) is 38.3 Å². The van der Waals surface area contributed by atoms with Gasteiger partial charge in [-0.15, -0.1) is 11.8 Å². The highest BCUT2D eigenvalue weighted by Gasteiger charge is 2.19. The number of nitrogens with zero attached hydrogens (tertiary/aromatic N) is 3. The molecule has 32 heavy (non-hydrogen) atoms. The minimum Gasteiger partial charge on any atom is -0.352 e. The van der Waals surface area contributed by atoms with Crippen molar-refractivity contribution in [1.82, 2.24) is 20.2 Å². The fraction of sp³-hybridized carbons (Fsp3) is 0.360. The molecule has 2 aliphatic heterocycles. The predicted molar refractivity (Wildman–Crippen MR) is 132 cm³/mol. The number of thioether (sulfide) groups is 1. The number of H-pyrrole nitrogens is 1. The van der Waals surface area contributed by atoms with Crippen LogP contribution in [0.1, 0.15) is 18.4 Å². The van der Waals surface area contributed by atoms with Crippen LogP contribution in [0.15, 0.2) is 59.0 Å². The van der Waals surface area contributed by atoms with E-state index in [1.54, 1.807) is 11.8 Å². The summed E-state index contributed by atoms with van der Waals surface area (Å²) in [5.74, 6) is 1.80. The summed E-state index contributed by atoms with van der Waals surface area (Å²) in [6.45, 7) is 5.89. The van der Waals surface area contributed by atoms with Gasteiger partial charge in [0.15, 0.2) is 0 Å². The van der Waals surface area contributed by atoms with Crippen LogP contribution in [0.2, 0.25) is 0 Å². The van der Waals surface area contributed by atoms with Gasteiger partial charge < -0.3 is 15.2 Å². The number of benzene rings is 2. The fourth-order valence-corrected chi connectivity index (χ4v) is 5.29. The van der Waals surface area contributed by atoms with Gasteiger partial charge in [-0.05, 0) is 49.2 Å². The smallest absolute Gasteiger partial charge is 0.248 e. The number of hydrogen-bond acceptors (Lipinski definition) is 5.